The molecule has 0 atom stereocenters. The van der Waals surface area contributed by atoms with Crippen molar-refractivity contribution in [2.45, 2.75) is 6.54 Å². The first-order valence-electron chi connectivity index (χ1n) is 4.63. The predicted molar refractivity (Wildman–Crippen MR) is 50.6 cm³/mol. The van der Waals surface area contributed by atoms with Gasteiger partial charge in [-0.05, 0) is 12.1 Å². The normalized spacial score (nSPS) is 16.4. The summed E-state index contributed by atoms with van der Waals surface area (Å²) < 4.78 is 4.61. The molecule has 1 saturated heterocycles. The van der Waals surface area contributed by atoms with Crippen LogP contribution in [0.1, 0.15) is 5.69 Å². The Bertz CT molecular complexity index is 378. The number of nitrogens with zero attached hydrogens (tertiary/aromatic N) is 2. The second kappa shape index (κ2) is 4.08. The zero-order chi connectivity index (χ0) is 10.7. The molecule has 0 bridgehead atoms. The fourth-order valence-corrected chi connectivity index (χ4v) is 1.38. The van der Waals surface area contributed by atoms with Crippen molar-refractivity contribution in [3.63, 3.8) is 0 Å². The van der Waals surface area contributed by atoms with Crippen LogP contribution >= 0.6 is 0 Å². The number of pyridine rings is 1. The summed E-state index contributed by atoms with van der Waals surface area (Å²) in [5.74, 6) is -1.37. The minimum Gasteiger partial charge on any atom is -0.457 e. The fourth-order valence-electron chi connectivity index (χ4n) is 1.38. The van der Waals surface area contributed by atoms with E-state index in [2.05, 4.69) is 9.72 Å². The molecule has 15 heavy (non-hydrogen) atoms. The van der Waals surface area contributed by atoms with E-state index in [1.54, 1.807) is 12.3 Å². The van der Waals surface area contributed by atoms with Gasteiger partial charge in [0.2, 0.25) is 0 Å². The number of aromatic nitrogens is 1. The van der Waals surface area contributed by atoms with Crippen molar-refractivity contribution in [2.24, 2.45) is 0 Å². The second-order valence-corrected chi connectivity index (χ2v) is 3.18. The Balaban J connectivity index is 2.06. The van der Waals surface area contributed by atoms with E-state index >= 15 is 0 Å². The molecule has 1 aliphatic heterocycles. The van der Waals surface area contributed by atoms with Crippen molar-refractivity contribution in [3.8, 4) is 0 Å². The van der Waals surface area contributed by atoms with Gasteiger partial charge in [-0.15, -0.1) is 0 Å². The summed E-state index contributed by atoms with van der Waals surface area (Å²) in [6.07, 6.45) is 1.65. The van der Waals surface area contributed by atoms with E-state index in [1.807, 2.05) is 12.1 Å². The molecule has 0 aromatic carbocycles. The molecule has 0 unspecified atom stereocenters. The van der Waals surface area contributed by atoms with Gasteiger partial charge in [0, 0.05) is 6.20 Å². The number of amides is 1. The van der Waals surface area contributed by atoms with Gasteiger partial charge in [0.05, 0.1) is 18.8 Å². The van der Waals surface area contributed by atoms with E-state index in [9.17, 15) is 9.59 Å². The lowest BCUT2D eigenvalue weighted by Gasteiger charge is -2.25. The molecule has 1 aromatic rings. The Hall–Kier alpha value is -1.91. The first kappa shape index (κ1) is 9.64. The summed E-state index contributed by atoms with van der Waals surface area (Å²) in [7, 11) is 0. The van der Waals surface area contributed by atoms with Crippen molar-refractivity contribution in [1.29, 1.82) is 0 Å². The summed E-state index contributed by atoms with van der Waals surface area (Å²) in [6.45, 7) is 1.05. The fraction of sp³-hybridized carbons (Fsp3) is 0.300. The number of esters is 1. The molecule has 5 nitrogen and oxygen atoms in total. The predicted octanol–water partition coefficient (Wildman–Crippen LogP) is -0.0330. The van der Waals surface area contributed by atoms with E-state index in [1.165, 1.54) is 4.90 Å². The number of ether oxygens (including phenoxy) is 1. The van der Waals surface area contributed by atoms with Crippen molar-refractivity contribution in [3.05, 3.63) is 30.1 Å². The van der Waals surface area contributed by atoms with Crippen LogP contribution in [0, 0.1) is 0 Å². The van der Waals surface area contributed by atoms with Crippen molar-refractivity contribution in [2.75, 3.05) is 13.2 Å². The molecule has 0 radical (unpaired) electrons. The second-order valence-electron chi connectivity index (χ2n) is 3.18. The summed E-state index contributed by atoms with van der Waals surface area (Å²) in [5, 5.41) is 0. The van der Waals surface area contributed by atoms with Crippen LogP contribution in [0.2, 0.25) is 0 Å². The molecule has 1 aliphatic rings. The molecule has 1 fully saturated rings. The number of carbonyl (C=O) groups is 2. The summed E-state index contributed by atoms with van der Waals surface area (Å²) in [5.41, 5.74) is 0.764. The molecule has 2 heterocycles. The average molecular weight is 206 g/mol. The van der Waals surface area contributed by atoms with Gasteiger partial charge in [-0.2, -0.15) is 0 Å². The molecule has 5 heteroatoms. The molecule has 0 aliphatic carbocycles. The number of hydrogen-bond donors (Lipinski definition) is 0. The lowest BCUT2D eigenvalue weighted by Crippen LogP contribution is -2.44. The lowest BCUT2D eigenvalue weighted by molar-refractivity contribution is -0.166. The highest BCUT2D eigenvalue weighted by Gasteiger charge is 2.28. The molecule has 78 valence electrons. The van der Waals surface area contributed by atoms with E-state index in [0.29, 0.717) is 13.1 Å². The highest BCUT2D eigenvalue weighted by molar-refractivity contribution is 6.32. The third-order valence-corrected chi connectivity index (χ3v) is 2.14. The molecule has 0 saturated carbocycles. The number of rotatable bonds is 2. The van der Waals surface area contributed by atoms with Gasteiger partial charge in [-0.1, -0.05) is 6.07 Å². The minimum absolute atomic E-state index is 0.261. The van der Waals surface area contributed by atoms with Crippen LogP contribution in [0.3, 0.4) is 0 Å². The first-order chi connectivity index (χ1) is 7.27. The van der Waals surface area contributed by atoms with Crippen LogP contribution in [-0.2, 0) is 20.9 Å². The van der Waals surface area contributed by atoms with Crippen LogP contribution in [0.5, 0.6) is 0 Å². The Morgan fingerprint density at radius 2 is 2.27 bits per heavy atom. The number of cyclic esters (lactones) is 1. The zero-order valence-corrected chi connectivity index (χ0v) is 8.05. The lowest BCUT2D eigenvalue weighted by atomic mass is 10.3. The van der Waals surface area contributed by atoms with Crippen LogP contribution < -0.4 is 0 Å². The van der Waals surface area contributed by atoms with E-state index in [4.69, 9.17) is 0 Å². The molecule has 0 spiro atoms. The molecule has 2 rings (SSSR count). The van der Waals surface area contributed by atoms with Gasteiger partial charge in [-0.25, -0.2) is 4.79 Å². The highest BCUT2D eigenvalue weighted by atomic mass is 16.5. The van der Waals surface area contributed by atoms with Crippen molar-refractivity contribution >= 4 is 11.9 Å². The molecular formula is C10H10N2O3. The van der Waals surface area contributed by atoms with Crippen LogP contribution in [0.25, 0.3) is 0 Å². The first-order valence-corrected chi connectivity index (χ1v) is 4.63. The van der Waals surface area contributed by atoms with E-state index < -0.39 is 11.9 Å². The largest absolute Gasteiger partial charge is 0.457 e. The van der Waals surface area contributed by atoms with E-state index in [-0.39, 0.29) is 6.61 Å². The van der Waals surface area contributed by atoms with Crippen LogP contribution in [0.15, 0.2) is 24.4 Å². The standard InChI is InChI=1S/C10H10N2O3/c13-9-10(14)15-6-5-12(9)7-8-3-1-2-4-11-8/h1-4H,5-7H2. The average Bonchev–Trinajstić information content (AvgIpc) is 2.26. The summed E-state index contributed by atoms with van der Waals surface area (Å²) >= 11 is 0. The van der Waals surface area contributed by atoms with Gasteiger partial charge < -0.3 is 9.64 Å². The SMILES string of the molecule is O=C1OCCN(Cc2ccccn2)C1=O. The third-order valence-electron chi connectivity index (χ3n) is 2.14. The van der Waals surface area contributed by atoms with E-state index in [0.717, 1.165) is 5.69 Å². The maximum absolute atomic E-state index is 11.4. The van der Waals surface area contributed by atoms with Gasteiger partial charge in [0.15, 0.2) is 0 Å². The highest BCUT2D eigenvalue weighted by Crippen LogP contribution is 2.05. The topological polar surface area (TPSA) is 59.5 Å². The molecule has 1 amide bonds. The van der Waals surface area contributed by atoms with Gasteiger partial charge in [-0.3, -0.25) is 9.78 Å². The zero-order valence-electron chi connectivity index (χ0n) is 8.05. The summed E-state index contributed by atoms with van der Waals surface area (Å²) in [4.78, 5) is 27.8. The summed E-state index contributed by atoms with van der Waals surface area (Å²) in [6, 6.07) is 5.46. The van der Waals surface area contributed by atoms with Crippen LogP contribution in [0.4, 0.5) is 0 Å². The minimum atomic E-state index is -0.780. The van der Waals surface area contributed by atoms with Crippen molar-refractivity contribution < 1.29 is 14.3 Å². The maximum atomic E-state index is 11.4. The Labute approximate surface area is 86.7 Å². The molecule has 0 N–H and O–H groups in total. The van der Waals surface area contributed by atoms with Gasteiger partial charge in [0.1, 0.15) is 6.61 Å². The Kier molecular flexibility index (Phi) is 2.62. The number of morpholine rings is 1. The van der Waals surface area contributed by atoms with Crippen LogP contribution in [-0.4, -0.2) is 34.9 Å². The van der Waals surface area contributed by atoms with Gasteiger partial charge >= 0.3 is 11.9 Å². The van der Waals surface area contributed by atoms with Crippen molar-refractivity contribution in [1.82, 2.24) is 9.88 Å². The Morgan fingerprint density at radius 1 is 1.40 bits per heavy atom. The molecule has 1 aromatic heterocycles. The number of carbonyl (C=O) groups excluding carboxylic acids is 2. The van der Waals surface area contributed by atoms with Gasteiger partial charge in [0.25, 0.3) is 0 Å². The quantitative estimate of drug-likeness (QED) is 0.503. The Morgan fingerprint density at radius 3 is 3.00 bits per heavy atom. The number of hydrogen-bond acceptors (Lipinski definition) is 4. The third kappa shape index (κ3) is 2.12. The maximum Gasteiger partial charge on any atom is 0.397 e. The molecular weight excluding hydrogens is 196 g/mol. The smallest absolute Gasteiger partial charge is 0.397 e. The monoisotopic (exact) mass is 206 g/mol.